The second-order valence-electron chi connectivity index (χ2n) is 3.38. The van der Waals surface area contributed by atoms with Crippen LogP contribution < -0.4 is 0 Å². The van der Waals surface area contributed by atoms with E-state index in [1.807, 2.05) is 0 Å². The van der Waals surface area contributed by atoms with Crippen molar-refractivity contribution in [1.82, 2.24) is 0 Å². The number of unbranched alkanes of at least 4 members (excludes halogenated alkanes) is 1. The van der Waals surface area contributed by atoms with E-state index in [1.54, 1.807) is 6.92 Å². The molecule has 1 heterocycles. The normalized spacial score (nSPS) is 35.2. The number of carbonyl (C=O) groups excluding carboxylic acids is 1. The highest BCUT2D eigenvalue weighted by atomic mass is 16.6. The van der Waals surface area contributed by atoms with Crippen molar-refractivity contribution < 1.29 is 14.6 Å². The molecule has 0 bridgehead atoms. The van der Waals surface area contributed by atoms with Gasteiger partial charge in [-0.2, -0.15) is 0 Å². The van der Waals surface area contributed by atoms with Gasteiger partial charge in [-0.3, -0.25) is 4.79 Å². The van der Waals surface area contributed by atoms with Crippen molar-refractivity contribution in [1.29, 1.82) is 0 Å². The fourth-order valence-corrected chi connectivity index (χ4v) is 1.52. The van der Waals surface area contributed by atoms with Crippen molar-refractivity contribution >= 4 is 5.97 Å². The molecular formula is C9H16O3. The number of hydrogen-bond acceptors (Lipinski definition) is 3. The molecule has 1 rings (SSSR count). The third-order valence-electron chi connectivity index (χ3n) is 2.37. The minimum Gasteiger partial charge on any atom is -0.460 e. The summed E-state index contributed by atoms with van der Waals surface area (Å²) in [5, 5.41) is 9.51. The van der Waals surface area contributed by atoms with E-state index in [1.165, 1.54) is 0 Å². The third-order valence-corrected chi connectivity index (χ3v) is 2.37. The number of esters is 1. The molecule has 1 saturated heterocycles. The number of carbonyl (C=O) groups is 1. The van der Waals surface area contributed by atoms with Gasteiger partial charge in [0.1, 0.15) is 12.2 Å². The molecule has 0 unspecified atom stereocenters. The van der Waals surface area contributed by atoms with Crippen LogP contribution in [-0.2, 0) is 9.53 Å². The van der Waals surface area contributed by atoms with E-state index < -0.39 is 6.10 Å². The SMILES string of the molecule is CCCC[C@@H]1C(=O)O[C@@H](C)[C@H]1O. The molecule has 3 heteroatoms. The van der Waals surface area contributed by atoms with E-state index >= 15 is 0 Å². The van der Waals surface area contributed by atoms with Crippen LogP contribution >= 0.6 is 0 Å². The monoisotopic (exact) mass is 172 g/mol. The van der Waals surface area contributed by atoms with E-state index in [0.717, 1.165) is 19.3 Å². The summed E-state index contributed by atoms with van der Waals surface area (Å²) in [4.78, 5) is 11.1. The van der Waals surface area contributed by atoms with Crippen LogP contribution in [0.4, 0.5) is 0 Å². The highest BCUT2D eigenvalue weighted by Gasteiger charge is 2.40. The summed E-state index contributed by atoms with van der Waals surface area (Å²) in [6, 6.07) is 0. The number of aliphatic hydroxyl groups is 1. The smallest absolute Gasteiger partial charge is 0.312 e. The zero-order valence-electron chi connectivity index (χ0n) is 7.62. The van der Waals surface area contributed by atoms with E-state index in [2.05, 4.69) is 6.92 Å². The van der Waals surface area contributed by atoms with Crippen LogP contribution in [0, 0.1) is 5.92 Å². The summed E-state index contributed by atoms with van der Waals surface area (Å²) in [5.41, 5.74) is 0. The fraction of sp³-hybridized carbons (Fsp3) is 0.889. The van der Waals surface area contributed by atoms with Crippen LogP contribution in [0.5, 0.6) is 0 Å². The summed E-state index contributed by atoms with van der Waals surface area (Å²) < 4.78 is 4.89. The zero-order chi connectivity index (χ0) is 9.14. The second-order valence-corrected chi connectivity index (χ2v) is 3.38. The largest absolute Gasteiger partial charge is 0.460 e. The van der Waals surface area contributed by atoms with E-state index in [0.29, 0.717) is 0 Å². The molecule has 70 valence electrons. The number of aliphatic hydroxyl groups excluding tert-OH is 1. The molecule has 0 aromatic heterocycles. The van der Waals surface area contributed by atoms with Crippen molar-refractivity contribution in [2.24, 2.45) is 5.92 Å². The molecule has 1 fully saturated rings. The Balaban J connectivity index is 2.46. The maximum atomic E-state index is 11.1. The van der Waals surface area contributed by atoms with Gasteiger partial charge in [-0.15, -0.1) is 0 Å². The van der Waals surface area contributed by atoms with Crippen LogP contribution in [0.1, 0.15) is 33.1 Å². The van der Waals surface area contributed by atoms with Gasteiger partial charge in [0, 0.05) is 0 Å². The molecule has 3 nitrogen and oxygen atoms in total. The number of rotatable bonds is 3. The zero-order valence-corrected chi connectivity index (χ0v) is 7.62. The summed E-state index contributed by atoms with van der Waals surface area (Å²) in [6.07, 6.45) is 1.86. The molecule has 3 atom stereocenters. The van der Waals surface area contributed by atoms with E-state index in [4.69, 9.17) is 4.74 Å². The Morgan fingerprint density at radius 2 is 2.25 bits per heavy atom. The van der Waals surface area contributed by atoms with Crippen LogP contribution in [0.25, 0.3) is 0 Å². The summed E-state index contributed by atoms with van der Waals surface area (Å²) in [7, 11) is 0. The molecule has 0 aliphatic carbocycles. The van der Waals surface area contributed by atoms with Crippen molar-refractivity contribution in [2.75, 3.05) is 0 Å². The van der Waals surface area contributed by atoms with Crippen LogP contribution in [-0.4, -0.2) is 23.3 Å². The van der Waals surface area contributed by atoms with Crippen molar-refractivity contribution in [3.8, 4) is 0 Å². The molecule has 1 N–H and O–H groups in total. The molecular weight excluding hydrogens is 156 g/mol. The maximum absolute atomic E-state index is 11.1. The number of hydrogen-bond donors (Lipinski definition) is 1. The predicted octanol–water partition coefficient (Wildman–Crippen LogP) is 1.10. The molecule has 0 saturated carbocycles. The van der Waals surface area contributed by atoms with E-state index in [9.17, 15) is 9.90 Å². The maximum Gasteiger partial charge on any atom is 0.312 e. The molecule has 0 spiro atoms. The first-order chi connectivity index (χ1) is 5.66. The van der Waals surface area contributed by atoms with Crippen LogP contribution in [0.2, 0.25) is 0 Å². The van der Waals surface area contributed by atoms with Crippen molar-refractivity contribution in [3.63, 3.8) is 0 Å². The van der Waals surface area contributed by atoms with Gasteiger partial charge in [0.25, 0.3) is 0 Å². The minimum absolute atomic E-state index is 0.233. The van der Waals surface area contributed by atoms with Gasteiger partial charge >= 0.3 is 5.97 Å². The Labute approximate surface area is 72.7 Å². The summed E-state index contributed by atoms with van der Waals surface area (Å²) in [6.45, 7) is 3.80. The van der Waals surface area contributed by atoms with Crippen molar-refractivity contribution in [2.45, 2.75) is 45.3 Å². The standard InChI is InChI=1S/C9H16O3/c1-3-4-5-7-8(10)6(2)12-9(7)11/h6-8,10H,3-5H2,1-2H3/t6-,7-,8+/m0/s1. The van der Waals surface area contributed by atoms with Gasteiger partial charge < -0.3 is 9.84 Å². The molecule has 0 amide bonds. The third kappa shape index (κ3) is 1.78. The Kier molecular flexibility index (Phi) is 3.09. The van der Waals surface area contributed by atoms with Crippen molar-refractivity contribution in [3.05, 3.63) is 0 Å². The fourth-order valence-electron chi connectivity index (χ4n) is 1.52. The molecule has 1 aliphatic heterocycles. The lowest BCUT2D eigenvalue weighted by atomic mass is 9.96. The van der Waals surface area contributed by atoms with E-state index in [-0.39, 0.29) is 18.0 Å². The second kappa shape index (κ2) is 3.90. The molecule has 0 radical (unpaired) electrons. The average molecular weight is 172 g/mol. The quantitative estimate of drug-likeness (QED) is 0.648. The average Bonchev–Trinajstić information content (AvgIpc) is 2.25. The highest BCUT2D eigenvalue weighted by molar-refractivity contribution is 5.75. The van der Waals surface area contributed by atoms with Gasteiger partial charge in [0.15, 0.2) is 0 Å². The molecule has 1 aliphatic rings. The lowest BCUT2D eigenvalue weighted by Gasteiger charge is -2.10. The molecule has 12 heavy (non-hydrogen) atoms. The Bertz CT molecular complexity index is 167. The molecule has 0 aromatic rings. The minimum atomic E-state index is -0.593. The first-order valence-corrected chi connectivity index (χ1v) is 4.55. The Morgan fingerprint density at radius 1 is 1.58 bits per heavy atom. The lowest BCUT2D eigenvalue weighted by molar-refractivity contribution is -0.143. The van der Waals surface area contributed by atoms with Crippen LogP contribution in [0.3, 0.4) is 0 Å². The molecule has 0 aromatic carbocycles. The summed E-state index contributed by atoms with van der Waals surface area (Å²) >= 11 is 0. The summed E-state index contributed by atoms with van der Waals surface area (Å²) in [5.74, 6) is -0.511. The number of cyclic esters (lactones) is 1. The van der Waals surface area contributed by atoms with Gasteiger partial charge in [0.2, 0.25) is 0 Å². The van der Waals surface area contributed by atoms with Crippen LogP contribution in [0.15, 0.2) is 0 Å². The topological polar surface area (TPSA) is 46.5 Å². The van der Waals surface area contributed by atoms with Gasteiger partial charge in [-0.25, -0.2) is 0 Å². The Hall–Kier alpha value is -0.570. The first-order valence-electron chi connectivity index (χ1n) is 4.55. The lowest BCUT2D eigenvalue weighted by Crippen LogP contribution is -2.24. The Morgan fingerprint density at radius 3 is 2.67 bits per heavy atom. The van der Waals surface area contributed by atoms with Gasteiger partial charge in [0.05, 0.1) is 5.92 Å². The first kappa shape index (κ1) is 9.52. The number of ether oxygens (including phenoxy) is 1. The van der Waals surface area contributed by atoms with Gasteiger partial charge in [-0.1, -0.05) is 19.8 Å². The highest BCUT2D eigenvalue weighted by Crippen LogP contribution is 2.25. The predicted molar refractivity (Wildman–Crippen MR) is 44.6 cm³/mol. The van der Waals surface area contributed by atoms with Gasteiger partial charge in [-0.05, 0) is 13.3 Å².